The third kappa shape index (κ3) is 2.65. The zero-order chi connectivity index (χ0) is 12.3. The van der Waals surface area contributed by atoms with Crippen LogP contribution in [0.2, 0.25) is 0 Å². The SMILES string of the molecule is CNC(=O)C1CNCCN1Cc1ccnn1C. The summed E-state index contributed by atoms with van der Waals surface area (Å²) >= 11 is 0. The van der Waals surface area contributed by atoms with Gasteiger partial charge < -0.3 is 10.6 Å². The van der Waals surface area contributed by atoms with Crippen molar-refractivity contribution in [2.24, 2.45) is 7.05 Å². The van der Waals surface area contributed by atoms with Crippen molar-refractivity contribution in [1.82, 2.24) is 25.3 Å². The first-order valence-corrected chi connectivity index (χ1v) is 5.85. The average Bonchev–Trinajstić information content (AvgIpc) is 2.75. The van der Waals surface area contributed by atoms with Crippen LogP contribution in [-0.4, -0.2) is 53.3 Å². The Morgan fingerprint density at radius 3 is 3.18 bits per heavy atom. The molecule has 94 valence electrons. The summed E-state index contributed by atoms with van der Waals surface area (Å²) in [6.45, 7) is 3.27. The van der Waals surface area contributed by atoms with Gasteiger partial charge in [0, 0.05) is 46.5 Å². The Hall–Kier alpha value is -1.40. The van der Waals surface area contributed by atoms with Crippen molar-refractivity contribution in [3.63, 3.8) is 0 Å². The van der Waals surface area contributed by atoms with Crippen molar-refractivity contribution >= 4 is 5.91 Å². The number of hydrogen-bond acceptors (Lipinski definition) is 4. The fourth-order valence-corrected chi connectivity index (χ4v) is 2.13. The van der Waals surface area contributed by atoms with E-state index >= 15 is 0 Å². The first kappa shape index (κ1) is 12.1. The molecule has 1 aliphatic rings. The van der Waals surface area contributed by atoms with Gasteiger partial charge in [0.1, 0.15) is 6.04 Å². The smallest absolute Gasteiger partial charge is 0.238 e. The van der Waals surface area contributed by atoms with E-state index < -0.39 is 0 Å². The summed E-state index contributed by atoms with van der Waals surface area (Å²) in [4.78, 5) is 14.0. The molecule has 1 saturated heterocycles. The average molecular weight is 237 g/mol. The molecule has 2 N–H and O–H groups in total. The van der Waals surface area contributed by atoms with E-state index in [2.05, 4.69) is 20.6 Å². The first-order chi connectivity index (χ1) is 8.22. The van der Waals surface area contributed by atoms with E-state index in [9.17, 15) is 4.79 Å². The quantitative estimate of drug-likeness (QED) is 0.703. The molecule has 1 fully saturated rings. The highest BCUT2D eigenvalue weighted by Crippen LogP contribution is 2.09. The maximum Gasteiger partial charge on any atom is 0.238 e. The Labute approximate surface area is 101 Å². The van der Waals surface area contributed by atoms with Crippen LogP contribution in [0.5, 0.6) is 0 Å². The van der Waals surface area contributed by atoms with E-state index in [0.29, 0.717) is 6.54 Å². The topological polar surface area (TPSA) is 62.2 Å². The van der Waals surface area contributed by atoms with E-state index in [1.165, 1.54) is 0 Å². The van der Waals surface area contributed by atoms with E-state index in [0.717, 1.165) is 25.3 Å². The summed E-state index contributed by atoms with van der Waals surface area (Å²) in [5, 5.41) is 10.1. The molecule has 1 aliphatic heterocycles. The van der Waals surface area contributed by atoms with Gasteiger partial charge in [0.15, 0.2) is 0 Å². The van der Waals surface area contributed by atoms with Gasteiger partial charge in [-0.3, -0.25) is 14.4 Å². The zero-order valence-electron chi connectivity index (χ0n) is 10.3. The first-order valence-electron chi connectivity index (χ1n) is 5.85. The highest BCUT2D eigenvalue weighted by atomic mass is 16.2. The lowest BCUT2D eigenvalue weighted by atomic mass is 10.1. The summed E-state index contributed by atoms with van der Waals surface area (Å²) in [6.07, 6.45) is 1.78. The normalized spacial score (nSPS) is 21.4. The van der Waals surface area contributed by atoms with Gasteiger partial charge in [0.2, 0.25) is 5.91 Å². The molecule has 1 atom stereocenters. The molecule has 2 heterocycles. The van der Waals surface area contributed by atoms with Gasteiger partial charge >= 0.3 is 0 Å². The minimum absolute atomic E-state index is 0.0689. The summed E-state index contributed by atoms with van der Waals surface area (Å²) < 4.78 is 1.85. The third-order valence-electron chi connectivity index (χ3n) is 3.19. The number of hydrogen-bond donors (Lipinski definition) is 2. The van der Waals surface area contributed by atoms with Gasteiger partial charge in [-0.15, -0.1) is 0 Å². The second kappa shape index (κ2) is 5.29. The molecule has 1 amide bonds. The number of aromatic nitrogens is 2. The molecule has 1 aromatic rings. The fraction of sp³-hybridized carbons (Fsp3) is 0.636. The molecule has 0 radical (unpaired) electrons. The Kier molecular flexibility index (Phi) is 3.75. The zero-order valence-corrected chi connectivity index (χ0v) is 10.3. The maximum atomic E-state index is 11.8. The van der Waals surface area contributed by atoms with Crippen LogP contribution >= 0.6 is 0 Å². The van der Waals surface area contributed by atoms with Crippen LogP contribution in [0.4, 0.5) is 0 Å². The number of likely N-dealkylation sites (N-methyl/N-ethyl adjacent to an activating group) is 1. The summed E-state index contributed by atoms with van der Waals surface area (Å²) in [5.41, 5.74) is 1.13. The lowest BCUT2D eigenvalue weighted by molar-refractivity contribution is -0.126. The Morgan fingerprint density at radius 1 is 1.71 bits per heavy atom. The van der Waals surface area contributed by atoms with Gasteiger partial charge in [-0.05, 0) is 6.07 Å². The third-order valence-corrected chi connectivity index (χ3v) is 3.19. The molecular formula is C11H19N5O. The second-order valence-corrected chi connectivity index (χ2v) is 4.25. The van der Waals surface area contributed by atoms with Crippen molar-refractivity contribution in [2.45, 2.75) is 12.6 Å². The van der Waals surface area contributed by atoms with Gasteiger partial charge in [0.25, 0.3) is 0 Å². The molecule has 0 aromatic carbocycles. The van der Waals surface area contributed by atoms with E-state index in [4.69, 9.17) is 0 Å². The Bertz CT molecular complexity index is 389. The number of aryl methyl sites for hydroxylation is 1. The lowest BCUT2D eigenvalue weighted by Gasteiger charge is -2.34. The second-order valence-electron chi connectivity index (χ2n) is 4.25. The van der Waals surface area contributed by atoms with Crippen LogP contribution in [0.1, 0.15) is 5.69 Å². The van der Waals surface area contributed by atoms with Crippen LogP contribution in [-0.2, 0) is 18.4 Å². The van der Waals surface area contributed by atoms with Gasteiger partial charge in [-0.1, -0.05) is 0 Å². The summed E-state index contributed by atoms with van der Waals surface area (Å²) in [5.74, 6) is 0.0689. The highest BCUT2D eigenvalue weighted by Gasteiger charge is 2.28. The molecule has 0 bridgehead atoms. The molecule has 1 unspecified atom stereocenters. The highest BCUT2D eigenvalue weighted by molar-refractivity contribution is 5.81. The minimum atomic E-state index is -0.0938. The minimum Gasteiger partial charge on any atom is -0.358 e. The molecule has 1 aromatic heterocycles. The summed E-state index contributed by atoms with van der Waals surface area (Å²) in [6, 6.07) is 1.90. The van der Waals surface area contributed by atoms with Crippen LogP contribution in [0.15, 0.2) is 12.3 Å². The van der Waals surface area contributed by atoms with Crippen LogP contribution in [0, 0.1) is 0 Å². The largest absolute Gasteiger partial charge is 0.358 e. The van der Waals surface area contributed by atoms with Gasteiger partial charge in [-0.25, -0.2) is 0 Å². The van der Waals surface area contributed by atoms with E-state index in [-0.39, 0.29) is 11.9 Å². The predicted molar refractivity (Wildman–Crippen MR) is 64.3 cm³/mol. The summed E-state index contributed by atoms with van der Waals surface area (Å²) in [7, 11) is 3.60. The molecule has 6 heteroatoms. The molecule has 6 nitrogen and oxygen atoms in total. The fourth-order valence-electron chi connectivity index (χ4n) is 2.13. The molecule has 17 heavy (non-hydrogen) atoms. The van der Waals surface area contributed by atoms with Crippen molar-refractivity contribution in [2.75, 3.05) is 26.7 Å². The van der Waals surface area contributed by atoms with Crippen molar-refractivity contribution < 1.29 is 4.79 Å². The van der Waals surface area contributed by atoms with E-state index in [1.54, 1.807) is 13.2 Å². The Morgan fingerprint density at radius 2 is 2.53 bits per heavy atom. The monoisotopic (exact) mass is 237 g/mol. The molecule has 0 saturated carbocycles. The predicted octanol–water partition coefficient (Wildman–Crippen LogP) is -1.06. The van der Waals surface area contributed by atoms with Gasteiger partial charge in [-0.2, -0.15) is 5.10 Å². The number of piperazine rings is 1. The number of carbonyl (C=O) groups is 1. The van der Waals surface area contributed by atoms with Crippen LogP contribution in [0.25, 0.3) is 0 Å². The lowest BCUT2D eigenvalue weighted by Crippen LogP contribution is -2.57. The molecular weight excluding hydrogens is 218 g/mol. The van der Waals surface area contributed by atoms with Gasteiger partial charge in [0.05, 0.1) is 5.69 Å². The van der Waals surface area contributed by atoms with Crippen molar-refractivity contribution in [3.8, 4) is 0 Å². The van der Waals surface area contributed by atoms with Crippen LogP contribution in [0.3, 0.4) is 0 Å². The number of nitrogens with zero attached hydrogens (tertiary/aromatic N) is 3. The van der Waals surface area contributed by atoms with Crippen LogP contribution < -0.4 is 10.6 Å². The number of nitrogens with one attached hydrogen (secondary N) is 2. The number of carbonyl (C=O) groups excluding carboxylic acids is 1. The molecule has 2 rings (SSSR count). The maximum absolute atomic E-state index is 11.8. The van der Waals surface area contributed by atoms with Crippen molar-refractivity contribution in [1.29, 1.82) is 0 Å². The Balaban J connectivity index is 2.06. The van der Waals surface area contributed by atoms with E-state index in [1.807, 2.05) is 17.8 Å². The molecule has 0 aliphatic carbocycles. The number of rotatable bonds is 3. The van der Waals surface area contributed by atoms with Crippen molar-refractivity contribution in [3.05, 3.63) is 18.0 Å². The molecule has 0 spiro atoms. The standard InChI is InChI=1S/C11H19N5O/c1-12-11(17)10-7-13-5-6-16(10)8-9-3-4-14-15(9)2/h3-4,10,13H,5-8H2,1-2H3,(H,12,17). The number of amides is 1.